The predicted molar refractivity (Wildman–Crippen MR) is 101 cm³/mol. The zero-order valence-corrected chi connectivity index (χ0v) is 13.6. The zero-order chi connectivity index (χ0) is 17.2. The first-order chi connectivity index (χ1) is 11.7. The summed E-state index contributed by atoms with van der Waals surface area (Å²) in [7, 11) is 0. The van der Waals surface area contributed by atoms with Crippen LogP contribution in [-0.4, -0.2) is 11.1 Å². The summed E-state index contributed by atoms with van der Waals surface area (Å²) in [6, 6.07) is 33.4. The smallest absolute Gasteiger partial charge is 0.300 e. The van der Waals surface area contributed by atoms with E-state index in [9.17, 15) is 0 Å². The largest absolute Gasteiger partial charge is 0.481 e. The molecule has 0 atom stereocenters. The molecule has 0 unspecified atom stereocenters. The van der Waals surface area contributed by atoms with E-state index < -0.39 is 5.97 Å². The van der Waals surface area contributed by atoms with Gasteiger partial charge in [0, 0.05) is 6.92 Å². The van der Waals surface area contributed by atoms with Gasteiger partial charge in [0.25, 0.3) is 5.97 Å². The molecule has 0 bridgehead atoms. The van der Waals surface area contributed by atoms with E-state index in [0.29, 0.717) is 0 Å². The van der Waals surface area contributed by atoms with Gasteiger partial charge in [-0.2, -0.15) is 0 Å². The lowest BCUT2D eigenvalue weighted by atomic mass is 10.0. The summed E-state index contributed by atoms with van der Waals surface area (Å²) in [5.41, 5.74) is 0. The molecule has 0 heterocycles. The monoisotopic (exact) mass is 316 g/mol. The molecule has 0 spiro atoms. The molecule has 0 amide bonds. The molecule has 0 aliphatic carbocycles. The van der Waals surface area contributed by atoms with Crippen LogP contribution in [0, 0.1) is 0 Å². The SMILES string of the molecule is CC(=O)O.c1ccc2cc3ccccc3cc2c1.c1ccccc1. The predicted octanol–water partition coefficient (Wildman–Crippen LogP) is 5.77. The van der Waals surface area contributed by atoms with Crippen molar-refractivity contribution in [1.29, 1.82) is 0 Å². The summed E-state index contributed by atoms with van der Waals surface area (Å²) < 4.78 is 0. The Morgan fingerprint density at radius 2 is 0.792 bits per heavy atom. The molecular weight excluding hydrogens is 296 g/mol. The van der Waals surface area contributed by atoms with Gasteiger partial charge < -0.3 is 5.11 Å². The van der Waals surface area contributed by atoms with Gasteiger partial charge in [-0.3, -0.25) is 4.79 Å². The topological polar surface area (TPSA) is 37.3 Å². The summed E-state index contributed by atoms with van der Waals surface area (Å²) >= 11 is 0. The van der Waals surface area contributed by atoms with Crippen molar-refractivity contribution in [3.8, 4) is 0 Å². The molecule has 2 nitrogen and oxygen atoms in total. The molecule has 4 aromatic carbocycles. The molecule has 0 aliphatic rings. The highest BCUT2D eigenvalue weighted by Gasteiger charge is 1.95. The molecule has 4 rings (SSSR count). The lowest BCUT2D eigenvalue weighted by Gasteiger charge is -2.00. The second-order valence-electron chi connectivity index (χ2n) is 5.22. The molecule has 0 saturated heterocycles. The standard InChI is InChI=1S/C14H10.C6H6.C2H4O2/c1-2-6-12-10-14-8-4-3-7-13(14)9-11(12)5-1;1-2-4-6-5-3-1;1-2(3)4/h1-10H;1-6H;1H3,(H,3,4). The Morgan fingerprint density at radius 3 is 1.00 bits per heavy atom. The maximum Gasteiger partial charge on any atom is 0.300 e. The van der Waals surface area contributed by atoms with Crippen molar-refractivity contribution in [2.45, 2.75) is 6.92 Å². The van der Waals surface area contributed by atoms with Crippen molar-refractivity contribution in [3.05, 3.63) is 97.1 Å². The third-order valence-electron chi connectivity index (χ3n) is 3.28. The average Bonchev–Trinajstić information content (AvgIpc) is 2.61. The Labute approximate surface area is 142 Å². The number of benzene rings is 4. The lowest BCUT2D eigenvalue weighted by molar-refractivity contribution is -0.134. The van der Waals surface area contributed by atoms with E-state index >= 15 is 0 Å². The second-order valence-corrected chi connectivity index (χ2v) is 5.22. The zero-order valence-electron chi connectivity index (χ0n) is 13.6. The van der Waals surface area contributed by atoms with Crippen LogP contribution in [0.4, 0.5) is 0 Å². The number of rotatable bonds is 0. The van der Waals surface area contributed by atoms with E-state index in [-0.39, 0.29) is 0 Å². The summed E-state index contributed by atoms with van der Waals surface area (Å²) in [6.07, 6.45) is 0. The van der Waals surface area contributed by atoms with Gasteiger partial charge in [-0.25, -0.2) is 0 Å². The fourth-order valence-electron chi connectivity index (χ4n) is 2.27. The van der Waals surface area contributed by atoms with E-state index in [0.717, 1.165) is 6.92 Å². The van der Waals surface area contributed by atoms with Crippen molar-refractivity contribution in [2.24, 2.45) is 0 Å². The first-order valence-corrected chi connectivity index (χ1v) is 7.74. The fourth-order valence-corrected chi connectivity index (χ4v) is 2.27. The average molecular weight is 316 g/mol. The van der Waals surface area contributed by atoms with E-state index in [1.165, 1.54) is 21.5 Å². The van der Waals surface area contributed by atoms with Gasteiger partial charge >= 0.3 is 0 Å². The van der Waals surface area contributed by atoms with Gasteiger partial charge in [-0.05, 0) is 33.7 Å². The summed E-state index contributed by atoms with van der Waals surface area (Å²) in [5.74, 6) is -0.833. The van der Waals surface area contributed by atoms with Crippen molar-refractivity contribution < 1.29 is 9.90 Å². The minimum atomic E-state index is -0.833. The molecule has 0 saturated carbocycles. The van der Waals surface area contributed by atoms with Gasteiger partial charge in [0.2, 0.25) is 0 Å². The normalized spacial score (nSPS) is 9.38. The first kappa shape index (κ1) is 17.2. The molecule has 0 radical (unpaired) electrons. The Hall–Kier alpha value is -3.13. The highest BCUT2D eigenvalue weighted by molar-refractivity contribution is 5.98. The van der Waals surface area contributed by atoms with Gasteiger partial charge in [-0.15, -0.1) is 0 Å². The summed E-state index contributed by atoms with van der Waals surface area (Å²) in [4.78, 5) is 9.00. The van der Waals surface area contributed by atoms with Crippen molar-refractivity contribution in [3.63, 3.8) is 0 Å². The molecule has 4 aromatic rings. The van der Waals surface area contributed by atoms with Crippen molar-refractivity contribution >= 4 is 27.5 Å². The van der Waals surface area contributed by atoms with Crippen LogP contribution >= 0.6 is 0 Å². The maximum atomic E-state index is 9.00. The van der Waals surface area contributed by atoms with E-state index in [1.807, 2.05) is 36.4 Å². The third-order valence-corrected chi connectivity index (χ3v) is 3.28. The van der Waals surface area contributed by atoms with Crippen LogP contribution < -0.4 is 0 Å². The number of hydrogen-bond acceptors (Lipinski definition) is 1. The Bertz CT molecular complexity index is 763. The molecule has 1 N–H and O–H groups in total. The van der Waals surface area contributed by atoms with Gasteiger partial charge in [-0.1, -0.05) is 84.9 Å². The molecule has 0 aliphatic heterocycles. The third kappa shape index (κ3) is 5.58. The highest BCUT2D eigenvalue weighted by Crippen LogP contribution is 2.21. The minimum absolute atomic E-state index is 0.833. The molecule has 2 heteroatoms. The van der Waals surface area contributed by atoms with E-state index in [2.05, 4.69) is 60.7 Å². The Balaban J connectivity index is 0.000000174. The van der Waals surface area contributed by atoms with Gasteiger partial charge in [0.05, 0.1) is 0 Å². The molecular formula is C22H20O2. The van der Waals surface area contributed by atoms with Crippen LogP contribution in [0.3, 0.4) is 0 Å². The van der Waals surface area contributed by atoms with Gasteiger partial charge in [0.15, 0.2) is 0 Å². The molecule has 0 fully saturated rings. The lowest BCUT2D eigenvalue weighted by Crippen LogP contribution is -1.78. The van der Waals surface area contributed by atoms with Crippen LogP contribution in [0.15, 0.2) is 97.1 Å². The van der Waals surface area contributed by atoms with Gasteiger partial charge in [0.1, 0.15) is 0 Å². The number of hydrogen-bond donors (Lipinski definition) is 1. The van der Waals surface area contributed by atoms with Crippen LogP contribution in [0.1, 0.15) is 6.92 Å². The Kier molecular flexibility index (Phi) is 6.54. The van der Waals surface area contributed by atoms with E-state index in [1.54, 1.807) is 0 Å². The number of carboxylic acid groups (broad SMARTS) is 1. The fraction of sp³-hybridized carbons (Fsp3) is 0.0455. The summed E-state index contributed by atoms with van der Waals surface area (Å²) in [5, 5.41) is 12.7. The molecule has 24 heavy (non-hydrogen) atoms. The number of carboxylic acids is 1. The first-order valence-electron chi connectivity index (χ1n) is 7.74. The number of fused-ring (bicyclic) bond motifs is 2. The quantitative estimate of drug-likeness (QED) is 0.418. The van der Waals surface area contributed by atoms with E-state index in [4.69, 9.17) is 9.90 Å². The molecule has 120 valence electrons. The maximum absolute atomic E-state index is 9.00. The van der Waals surface area contributed by atoms with Crippen LogP contribution in [0.25, 0.3) is 21.5 Å². The van der Waals surface area contributed by atoms with Crippen molar-refractivity contribution in [2.75, 3.05) is 0 Å². The van der Waals surface area contributed by atoms with Crippen LogP contribution in [0.2, 0.25) is 0 Å². The highest BCUT2D eigenvalue weighted by atomic mass is 16.4. The second kappa shape index (κ2) is 9.11. The minimum Gasteiger partial charge on any atom is -0.481 e. The Morgan fingerprint density at radius 1 is 0.583 bits per heavy atom. The number of carbonyl (C=O) groups is 1. The molecule has 0 aromatic heterocycles. The summed E-state index contributed by atoms with van der Waals surface area (Å²) in [6.45, 7) is 1.08. The van der Waals surface area contributed by atoms with Crippen molar-refractivity contribution in [1.82, 2.24) is 0 Å². The number of aliphatic carboxylic acids is 1. The van der Waals surface area contributed by atoms with Crippen LogP contribution in [0.5, 0.6) is 0 Å². The van der Waals surface area contributed by atoms with Crippen LogP contribution in [-0.2, 0) is 4.79 Å².